The number of nitrogens with zero attached hydrogens (tertiary/aromatic N) is 1. The molecule has 2 heterocycles. The third-order valence-corrected chi connectivity index (χ3v) is 6.31. The van der Waals surface area contributed by atoms with Crippen LogP contribution in [0.5, 0.6) is 11.5 Å². The second-order valence-electron chi connectivity index (χ2n) is 8.10. The molecule has 0 bridgehead atoms. The average molecular weight is 497 g/mol. The molecule has 0 saturated heterocycles. The summed E-state index contributed by atoms with van der Waals surface area (Å²) in [6.07, 6.45) is 7.56. The Balaban J connectivity index is 0.00000144. The van der Waals surface area contributed by atoms with Gasteiger partial charge < -0.3 is 20.1 Å². The summed E-state index contributed by atoms with van der Waals surface area (Å²) in [5, 5.41) is 9.32. The number of benzene rings is 2. The number of nitrogens with one attached hydrogen (secondary N) is 2. The molecule has 0 atom stereocenters. The second kappa shape index (κ2) is 11.3. The first-order valence-corrected chi connectivity index (χ1v) is 11.0. The predicted molar refractivity (Wildman–Crippen MR) is 135 cm³/mol. The minimum absolute atomic E-state index is 0. The minimum atomic E-state index is 0. The Bertz CT molecular complexity index is 1040. The van der Waals surface area contributed by atoms with Crippen LogP contribution < -0.4 is 20.1 Å². The van der Waals surface area contributed by atoms with E-state index in [1.54, 1.807) is 0 Å². The summed E-state index contributed by atoms with van der Waals surface area (Å²) in [6.45, 7) is 1.31. The highest BCUT2D eigenvalue weighted by molar-refractivity contribution is 6.31. The topological polar surface area (TPSA) is 55.4 Å². The van der Waals surface area contributed by atoms with Gasteiger partial charge in [0.2, 0.25) is 6.79 Å². The smallest absolute Gasteiger partial charge is 0.231 e. The van der Waals surface area contributed by atoms with Crippen molar-refractivity contribution >= 4 is 53.0 Å². The zero-order valence-corrected chi connectivity index (χ0v) is 20.1. The third kappa shape index (κ3) is 5.70. The van der Waals surface area contributed by atoms with Crippen LogP contribution in [0.4, 0.5) is 5.69 Å². The van der Waals surface area contributed by atoms with Crippen molar-refractivity contribution < 1.29 is 9.47 Å². The summed E-state index contributed by atoms with van der Waals surface area (Å²) in [4.78, 5) is 4.44. The van der Waals surface area contributed by atoms with Gasteiger partial charge in [0.1, 0.15) is 0 Å². The molecule has 172 valence electrons. The van der Waals surface area contributed by atoms with Gasteiger partial charge in [-0.2, -0.15) is 0 Å². The SMILES string of the molecule is Cl.Cl.Clc1ccc2c(NC3CCC(NCCc4ccc5c(c4)OCO5)CC3)ccnc2c1. The summed E-state index contributed by atoms with van der Waals surface area (Å²) in [7, 11) is 0. The summed E-state index contributed by atoms with van der Waals surface area (Å²) in [5.41, 5.74) is 3.37. The van der Waals surface area contributed by atoms with Crippen molar-refractivity contribution in [2.75, 3.05) is 18.7 Å². The fourth-order valence-corrected chi connectivity index (χ4v) is 4.59. The maximum atomic E-state index is 6.11. The van der Waals surface area contributed by atoms with E-state index in [1.807, 2.05) is 24.4 Å². The van der Waals surface area contributed by atoms with Crippen LogP contribution in [-0.4, -0.2) is 30.4 Å². The van der Waals surface area contributed by atoms with E-state index in [1.165, 1.54) is 31.2 Å². The largest absolute Gasteiger partial charge is 0.454 e. The quantitative estimate of drug-likeness (QED) is 0.437. The van der Waals surface area contributed by atoms with Crippen molar-refractivity contribution in [2.24, 2.45) is 0 Å². The molecule has 8 heteroatoms. The summed E-state index contributed by atoms with van der Waals surface area (Å²) >= 11 is 6.11. The van der Waals surface area contributed by atoms with Crippen LogP contribution in [0.3, 0.4) is 0 Å². The van der Waals surface area contributed by atoms with Crippen LogP contribution in [0.2, 0.25) is 5.02 Å². The van der Waals surface area contributed by atoms with E-state index in [-0.39, 0.29) is 24.8 Å². The molecule has 1 aliphatic heterocycles. The Morgan fingerprint density at radius 3 is 2.53 bits per heavy atom. The highest BCUT2D eigenvalue weighted by Crippen LogP contribution is 2.32. The highest BCUT2D eigenvalue weighted by atomic mass is 35.5. The Morgan fingerprint density at radius 1 is 0.906 bits per heavy atom. The molecule has 1 saturated carbocycles. The molecule has 0 amide bonds. The number of fused-ring (bicyclic) bond motifs is 2. The molecule has 1 aliphatic carbocycles. The fourth-order valence-electron chi connectivity index (χ4n) is 4.43. The lowest BCUT2D eigenvalue weighted by Gasteiger charge is -2.30. The minimum Gasteiger partial charge on any atom is -0.454 e. The lowest BCUT2D eigenvalue weighted by atomic mass is 9.90. The summed E-state index contributed by atoms with van der Waals surface area (Å²) in [5.74, 6) is 1.72. The van der Waals surface area contributed by atoms with Gasteiger partial charge in [-0.05, 0) is 80.6 Å². The second-order valence-corrected chi connectivity index (χ2v) is 8.54. The van der Waals surface area contributed by atoms with E-state index >= 15 is 0 Å². The van der Waals surface area contributed by atoms with E-state index in [0.29, 0.717) is 18.9 Å². The molecule has 1 aromatic heterocycles. The molecule has 5 rings (SSSR count). The van der Waals surface area contributed by atoms with E-state index in [2.05, 4.69) is 39.9 Å². The van der Waals surface area contributed by atoms with E-state index in [4.69, 9.17) is 21.1 Å². The molecule has 3 aromatic rings. The zero-order valence-electron chi connectivity index (χ0n) is 17.7. The number of rotatable bonds is 6. The van der Waals surface area contributed by atoms with E-state index < -0.39 is 0 Å². The molecule has 5 nitrogen and oxygen atoms in total. The van der Waals surface area contributed by atoms with Gasteiger partial charge >= 0.3 is 0 Å². The van der Waals surface area contributed by atoms with E-state index in [0.717, 1.165) is 46.1 Å². The van der Waals surface area contributed by atoms with Crippen LogP contribution in [-0.2, 0) is 6.42 Å². The molecular weight excluding hydrogens is 469 g/mol. The Hall–Kier alpha value is -1.92. The van der Waals surface area contributed by atoms with Gasteiger partial charge in [-0.25, -0.2) is 0 Å². The van der Waals surface area contributed by atoms with Crippen LogP contribution in [0.25, 0.3) is 10.9 Å². The van der Waals surface area contributed by atoms with Crippen LogP contribution >= 0.6 is 36.4 Å². The molecule has 2 N–H and O–H groups in total. The highest BCUT2D eigenvalue weighted by Gasteiger charge is 2.21. The van der Waals surface area contributed by atoms with Crippen molar-refractivity contribution in [2.45, 2.75) is 44.2 Å². The molecule has 0 spiro atoms. The molecule has 0 radical (unpaired) electrons. The summed E-state index contributed by atoms with van der Waals surface area (Å²) < 4.78 is 10.8. The number of halogens is 3. The fraction of sp³-hybridized carbons (Fsp3) is 0.375. The van der Waals surface area contributed by atoms with Gasteiger partial charge in [-0.3, -0.25) is 4.98 Å². The normalized spacial score (nSPS) is 19.2. The monoisotopic (exact) mass is 495 g/mol. The number of pyridine rings is 1. The predicted octanol–water partition coefficient (Wildman–Crippen LogP) is 6.02. The Kier molecular flexibility index (Phi) is 8.72. The van der Waals surface area contributed by atoms with Crippen molar-refractivity contribution in [3.05, 3.63) is 59.2 Å². The van der Waals surface area contributed by atoms with Crippen molar-refractivity contribution in [3.8, 4) is 11.5 Å². The first-order chi connectivity index (χ1) is 14.7. The van der Waals surface area contributed by atoms with Crippen LogP contribution in [0.15, 0.2) is 48.7 Å². The van der Waals surface area contributed by atoms with Gasteiger partial charge in [0.25, 0.3) is 0 Å². The van der Waals surface area contributed by atoms with Crippen molar-refractivity contribution in [1.29, 1.82) is 0 Å². The maximum Gasteiger partial charge on any atom is 0.231 e. The lowest BCUT2D eigenvalue weighted by molar-refractivity contribution is 0.174. The summed E-state index contributed by atoms with van der Waals surface area (Å²) in [6, 6.07) is 15.3. The first kappa shape index (κ1) is 24.7. The van der Waals surface area contributed by atoms with Gasteiger partial charge in [-0.15, -0.1) is 24.8 Å². The van der Waals surface area contributed by atoms with Crippen molar-refractivity contribution in [1.82, 2.24) is 10.3 Å². The van der Waals surface area contributed by atoms with Crippen molar-refractivity contribution in [3.63, 3.8) is 0 Å². The Morgan fingerprint density at radius 2 is 1.69 bits per heavy atom. The molecule has 2 aliphatic rings. The molecule has 2 aromatic carbocycles. The standard InChI is InChI=1S/C24H26ClN3O2.2ClH/c25-17-2-7-20-21(10-12-27-22(20)14-17)28-19-5-3-18(4-6-19)26-11-9-16-1-8-23-24(13-16)30-15-29-23;;/h1-2,7-8,10,12-14,18-19,26H,3-6,9,11,15H2,(H,27,28);2*1H. The third-order valence-electron chi connectivity index (χ3n) is 6.08. The number of hydrogen-bond acceptors (Lipinski definition) is 5. The van der Waals surface area contributed by atoms with Gasteiger partial charge in [0.05, 0.1) is 5.52 Å². The molecular formula is C24H28Cl3N3O2. The molecule has 1 fully saturated rings. The van der Waals surface area contributed by atoms with Gasteiger partial charge in [0, 0.05) is 34.4 Å². The van der Waals surface area contributed by atoms with Gasteiger partial charge in [-0.1, -0.05) is 17.7 Å². The Labute approximate surface area is 206 Å². The number of ether oxygens (including phenoxy) is 2. The zero-order chi connectivity index (χ0) is 20.3. The molecule has 32 heavy (non-hydrogen) atoms. The van der Waals surface area contributed by atoms with Crippen LogP contribution in [0.1, 0.15) is 31.2 Å². The maximum absolute atomic E-state index is 6.11. The molecule has 0 unspecified atom stereocenters. The van der Waals surface area contributed by atoms with E-state index in [9.17, 15) is 0 Å². The number of hydrogen-bond donors (Lipinski definition) is 2. The first-order valence-electron chi connectivity index (χ1n) is 10.7. The number of anilines is 1. The average Bonchev–Trinajstić information content (AvgIpc) is 3.23. The number of aromatic nitrogens is 1. The van der Waals surface area contributed by atoms with Crippen LogP contribution in [0, 0.1) is 0 Å². The lowest BCUT2D eigenvalue weighted by Crippen LogP contribution is -2.37. The van der Waals surface area contributed by atoms with Gasteiger partial charge in [0.15, 0.2) is 11.5 Å².